The Kier molecular flexibility index (Phi) is 8.88. The molecule has 0 bridgehead atoms. The Labute approximate surface area is 175 Å². The summed E-state index contributed by atoms with van der Waals surface area (Å²) < 4.78 is 54.2. The highest BCUT2D eigenvalue weighted by atomic mass is 19.4. The van der Waals surface area contributed by atoms with Crippen molar-refractivity contribution in [1.29, 1.82) is 0 Å². The molecule has 0 amide bonds. The molecule has 0 radical (unpaired) electrons. The molecule has 1 aliphatic rings. The van der Waals surface area contributed by atoms with Crippen molar-refractivity contribution in [3.63, 3.8) is 0 Å². The van der Waals surface area contributed by atoms with E-state index >= 15 is 0 Å². The molecule has 170 valence electrons. The van der Waals surface area contributed by atoms with Crippen LogP contribution in [0.5, 0.6) is 17.2 Å². The topological polar surface area (TPSA) is 67.4 Å². The maximum Gasteiger partial charge on any atom is 0.401 e. The number of likely N-dealkylation sites (tertiary alicyclic amines) is 1. The first-order valence-corrected chi connectivity index (χ1v) is 10.0. The lowest BCUT2D eigenvalue weighted by molar-refractivity contribution is -0.143. The first-order chi connectivity index (χ1) is 14.3. The molecule has 10 heteroatoms. The second-order valence-corrected chi connectivity index (χ2v) is 6.94. The van der Waals surface area contributed by atoms with Gasteiger partial charge in [-0.2, -0.15) is 13.2 Å². The van der Waals surface area contributed by atoms with Gasteiger partial charge in [-0.25, -0.2) is 4.99 Å². The third-order valence-electron chi connectivity index (χ3n) is 4.59. The van der Waals surface area contributed by atoms with E-state index < -0.39 is 12.7 Å². The maximum atomic E-state index is 12.6. The zero-order valence-corrected chi connectivity index (χ0v) is 17.9. The highest BCUT2D eigenvalue weighted by Gasteiger charge is 2.34. The van der Waals surface area contributed by atoms with Gasteiger partial charge in [-0.15, -0.1) is 0 Å². The number of benzene rings is 1. The minimum Gasteiger partial charge on any atom is -0.493 e. The van der Waals surface area contributed by atoms with Gasteiger partial charge >= 0.3 is 6.18 Å². The summed E-state index contributed by atoms with van der Waals surface area (Å²) in [5, 5.41) is 6.38. The zero-order valence-electron chi connectivity index (χ0n) is 17.9. The van der Waals surface area contributed by atoms with E-state index in [9.17, 15) is 13.2 Å². The van der Waals surface area contributed by atoms with Gasteiger partial charge in [0.15, 0.2) is 17.5 Å². The molecule has 1 aromatic rings. The average Bonchev–Trinajstić information content (AvgIpc) is 3.11. The van der Waals surface area contributed by atoms with Crippen molar-refractivity contribution in [2.24, 2.45) is 4.99 Å². The molecular formula is C20H31F3N4O3. The Bertz CT molecular complexity index is 688. The van der Waals surface area contributed by atoms with Crippen molar-refractivity contribution in [3.05, 3.63) is 17.7 Å². The molecule has 1 aliphatic heterocycles. The number of alkyl halides is 3. The van der Waals surface area contributed by atoms with Crippen molar-refractivity contribution in [3.8, 4) is 17.2 Å². The quantitative estimate of drug-likeness (QED) is 0.462. The van der Waals surface area contributed by atoms with E-state index in [4.69, 9.17) is 14.2 Å². The van der Waals surface area contributed by atoms with Gasteiger partial charge in [0.25, 0.3) is 0 Å². The van der Waals surface area contributed by atoms with Gasteiger partial charge in [-0.05, 0) is 38.0 Å². The molecule has 0 aliphatic carbocycles. The number of ether oxygens (including phenoxy) is 3. The molecule has 1 fully saturated rings. The number of methoxy groups -OCH3 is 2. The van der Waals surface area contributed by atoms with E-state index in [1.54, 1.807) is 14.2 Å². The zero-order chi connectivity index (χ0) is 22.1. The highest BCUT2D eigenvalue weighted by Crippen LogP contribution is 2.38. The van der Waals surface area contributed by atoms with Crippen molar-refractivity contribution >= 4 is 5.96 Å². The van der Waals surface area contributed by atoms with Crippen LogP contribution < -0.4 is 24.8 Å². The molecule has 2 rings (SSSR count). The van der Waals surface area contributed by atoms with Crippen LogP contribution in [-0.2, 0) is 6.54 Å². The van der Waals surface area contributed by atoms with Crippen LogP contribution in [0.2, 0.25) is 0 Å². The smallest absolute Gasteiger partial charge is 0.401 e. The minimum atomic E-state index is -4.18. The van der Waals surface area contributed by atoms with Crippen LogP contribution >= 0.6 is 0 Å². The Morgan fingerprint density at radius 1 is 1.20 bits per heavy atom. The molecule has 1 unspecified atom stereocenters. The third kappa shape index (κ3) is 7.16. The van der Waals surface area contributed by atoms with Crippen LogP contribution in [-0.4, -0.2) is 70.1 Å². The Balaban J connectivity index is 2.07. The van der Waals surface area contributed by atoms with Crippen LogP contribution in [0.15, 0.2) is 17.1 Å². The number of hydrogen-bond donors (Lipinski definition) is 2. The molecule has 1 heterocycles. The number of nitrogens with one attached hydrogen (secondary N) is 2. The van der Waals surface area contributed by atoms with Crippen LogP contribution in [0.25, 0.3) is 0 Å². The molecule has 1 saturated heterocycles. The van der Waals surface area contributed by atoms with E-state index in [1.807, 2.05) is 26.0 Å². The standard InChI is InChI=1S/C20H31F3N4O3/c1-5-24-19(26-15-7-8-27(12-15)13-20(21,22)23)25-11-14-9-16(28-3)18(30-6-2)17(10-14)29-4/h9-10,15H,5-8,11-13H2,1-4H3,(H2,24,25,26). The van der Waals surface area contributed by atoms with Gasteiger partial charge in [-0.1, -0.05) is 0 Å². The largest absolute Gasteiger partial charge is 0.493 e. The minimum absolute atomic E-state index is 0.0884. The highest BCUT2D eigenvalue weighted by molar-refractivity contribution is 5.80. The lowest BCUT2D eigenvalue weighted by Gasteiger charge is -2.20. The summed E-state index contributed by atoms with van der Waals surface area (Å²) >= 11 is 0. The van der Waals surface area contributed by atoms with Crippen LogP contribution in [0.1, 0.15) is 25.8 Å². The number of hydrogen-bond acceptors (Lipinski definition) is 5. The van der Waals surface area contributed by atoms with Crippen LogP contribution in [0.4, 0.5) is 13.2 Å². The second kappa shape index (κ2) is 11.1. The number of guanidine groups is 1. The fourth-order valence-corrected chi connectivity index (χ4v) is 3.34. The fourth-order valence-electron chi connectivity index (χ4n) is 3.34. The number of rotatable bonds is 9. The van der Waals surface area contributed by atoms with E-state index in [0.717, 1.165) is 5.56 Å². The summed E-state index contributed by atoms with van der Waals surface area (Å²) in [7, 11) is 3.12. The average molecular weight is 432 g/mol. The predicted molar refractivity (Wildman–Crippen MR) is 110 cm³/mol. The normalized spacial score (nSPS) is 17.7. The number of nitrogens with zero attached hydrogens (tertiary/aromatic N) is 2. The lowest BCUT2D eigenvalue weighted by atomic mass is 10.2. The van der Waals surface area contributed by atoms with Crippen molar-refractivity contribution in [2.45, 2.75) is 39.0 Å². The summed E-state index contributed by atoms with van der Waals surface area (Å²) in [4.78, 5) is 5.98. The van der Waals surface area contributed by atoms with E-state index in [1.165, 1.54) is 4.90 Å². The molecule has 2 N–H and O–H groups in total. The lowest BCUT2D eigenvalue weighted by Crippen LogP contribution is -2.45. The first-order valence-electron chi connectivity index (χ1n) is 10.0. The van der Waals surface area contributed by atoms with Gasteiger partial charge in [0.1, 0.15) is 0 Å². The summed E-state index contributed by atoms with van der Waals surface area (Å²) in [5.41, 5.74) is 0.856. The summed E-state index contributed by atoms with van der Waals surface area (Å²) in [6, 6.07) is 3.58. The summed E-state index contributed by atoms with van der Waals surface area (Å²) in [5.74, 6) is 2.20. The number of halogens is 3. The fraction of sp³-hybridized carbons (Fsp3) is 0.650. The van der Waals surface area contributed by atoms with Crippen LogP contribution in [0, 0.1) is 0 Å². The Morgan fingerprint density at radius 2 is 1.87 bits per heavy atom. The third-order valence-corrected chi connectivity index (χ3v) is 4.59. The van der Waals surface area contributed by atoms with Crippen molar-refractivity contribution < 1.29 is 27.4 Å². The van der Waals surface area contributed by atoms with Crippen molar-refractivity contribution in [2.75, 3.05) is 47.0 Å². The van der Waals surface area contributed by atoms with Crippen molar-refractivity contribution in [1.82, 2.24) is 15.5 Å². The molecular weight excluding hydrogens is 401 g/mol. The van der Waals surface area contributed by atoms with Gasteiger partial charge in [0.05, 0.1) is 33.9 Å². The predicted octanol–water partition coefficient (Wildman–Crippen LogP) is 2.79. The molecule has 0 saturated carbocycles. The maximum absolute atomic E-state index is 12.6. The second-order valence-electron chi connectivity index (χ2n) is 6.94. The van der Waals surface area contributed by atoms with E-state index in [2.05, 4.69) is 15.6 Å². The number of aliphatic imine (C=N–C) groups is 1. The SMILES string of the molecule is CCNC(=NCc1cc(OC)c(OCC)c(OC)c1)NC1CCN(CC(F)(F)F)C1. The Hall–Kier alpha value is -2.36. The monoisotopic (exact) mass is 432 g/mol. The van der Waals surface area contributed by atoms with E-state index in [-0.39, 0.29) is 6.04 Å². The molecule has 30 heavy (non-hydrogen) atoms. The summed E-state index contributed by atoms with van der Waals surface area (Å²) in [6.07, 6.45) is -3.55. The molecule has 1 atom stereocenters. The molecule has 7 nitrogen and oxygen atoms in total. The van der Waals surface area contributed by atoms with Gasteiger partial charge in [0.2, 0.25) is 5.75 Å². The molecule has 1 aromatic carbocycles. The molecule has 0 aromatic heterocycles. The van der Waals surface area contributed by atoms with Gasteiger partial charge < -0.3 is 24.8 Å². The van der Waals surface area contributed by atoms with Crippen LogP contribution in [0.3, 0.4) is 0 Å². The van der Waals surface area contributed by atoms with Gasteiger partial charge in [-0.3, -0.25) is 4.90 Å². The van der Waals surface area contributed by atoms with E-state index in [0.29, 0.717) is 62.4 Å². The van der Waals surface area contributed by atoms with Gasteiger partial charge in [0, 0.05) is 25.7 Å². The Morgan fingerprint density at radius 3 is 2.40 bits per heavy atom. The summed E-state index contributed by atoms with van der Waals surface area (Å²) in [6.45, 7) is 5.12. The molecule has 0 spiro atoms. The first kappa shape index (κ1) is 23.9.